The molecule has 1 heterocycles. The number of urea groups is 1. The second-order valence-corrected chi connectivity index (χ2v) is 4.67. The van der Waals surface area contributed by atoms with Gasteiger partial charge in [-0.2, -0.15) is 0 Å². The molecule has 1 aromatic rings. The topological polar surface area (TPSA) is 58.2 Å². The van der Waals surface area contributed by atoms with Gasteiger partial charge in [0.05, 0.1) is 0 Å². The molecule has 1 fully saturated rings. The zero-order chi connectivity index (χ0) is 15.2. The van der Waals surface area contributed by atoms with Crippen LogP contribution in [0.3, 0.4) is 0 Å². The molecule has 108 valence electrons. The summed E-state index contributed by atoms with van der Waals surface area (Å²) in [5.74, 6) is -0.314. The van der Waals surface area contributed by atoms with Crippen molar-refractivity contribution in [2.24, 2.45) is 0 Å². The van der Waals surface area contributed by atoms with Gasteiger partial charge in [-0.3, -0.25) is 10.1 Å². The fourth-order valence-electron chi connectivity index (χ4n) is 2.15. The van der Waals surface area contributed by atoms with E-state index in [1.807, 2.05) is 68.5 Å². The van der Waals surface area contributed by atoms with Crippen LogP contribution in [0.15, 0.2) is 54.6 Å². The van der Waals surface area contributed by atoms with Crippen molar-refractivity contribution in [2.75, 3.05) is 0 Å². The van der Waals surface area contributed by atoms with Gasteiger partial charge in [0.1, 0.15) is 6.04 Å². The molecule has 0 aliphatic carbocycles. The normalized spacial score (nSPS) is 19.3. The van der Waals surface area contributed by atoms with Crippen LogP contribution in [0.25, 0.3) is 5.57 Å². The number of hydrogen-bond donors (Lipinski definition) is 2. The molecule has 4 nitrogen and oxygen atoms in total. The highest BCUT2D eigenvalue weighted by atomic mass is 16.2. The molecule has 0 spiro atoms. The Bertz CT molecular complexity index is 625. The molecule has 2 rings (SSSR count). The predicted molar refractivity (Wildman–Crippen MR) is 83.5 cm³/mol. The van der Waals surface area contributed by atoms with E-state index in [-0.39, 0.29) is 5.91 Å². The van der Waals surface area contributed by atoms with Crippen molar-refractivity contribution in [3.05, 3.63) is 65.8 Å². The maximum Gasteiger partial charge on any atom is 0.322 e. The SMILES string of the molecule is C\C=C/C(=C\C=C\C)c1ccc(C2NC(=O)NC2=O)cc1. The number of hydrogen-bond acceptors (Lipinski definition) is 2. The summed E-state index contributed by atoms with van der Waals surface area (Å²) in [6, 6.07) is 6.56. The van der Waals surface area contributed by atoms with E-state index >= 15 is 0 Å². The molecule has 0 radical (unpaired) electrons. The molecule has 1 saturated heterocycles. The van der Waals surface area contributed by atoms with Gasteiger partial charge in [0.25, 0.3) is 5.91 Å². The van der Waals surface area contributed by atoms with E-state index in [0.29, 0.717) is 0 Å². The van der Waals surface area contributed by atoms with Gasteiger partial charge in [-0.15, -0.1) is 0 Å². The third-order valence-electron chi connectivity index (χ3n) is 3.17. The first kappa shape index (κ1) is 14.8. The molecule has 1 aliphatic heterocycles. The maximum absolute atomic E-state index is 11.6. The summed E-state index contributed by atoms with van der Waals surface area (Å²) in [7, 11) is 0. The summed E-state index contributed by atoms with van der Waals surface area (Å²) in [6.07, 6.45) is 9.98. The Morgan fingerprint density at radius 1 is 1.10 bits per heavy atom. The number of benzene rings is 1. The quantitative estimate of drug-likeness (QED) is 0.658. The second-order valence-electron chi connectivity index (χ2n) is 4.67. The Morgan fingerprint density at radius 2 is 1.81 bits per heavy atom. The van der Waals surface area contributed by atoms with Crippen LogP contribution in [0.5, 0.6) is 0 Å². The molecule has 0 aromatic heterocycles. The average Bonchev–Trinajstić information content (AvgIpc) is 2.82. The van der Waals surface area contributed by atoms with Crippen molar-refractivity contribution in [3.8, 4) is 0 Å². The fourth-order valence-corrected chi connectivity index (χ4v) is 2.15. The molecule has 0 saturated carbocycles. The monoisotopic (exact) mass is 282 g/mol. The first-order chi connectivity index (χ1) is 10.2. The lowest BCUT2D eigenvalue weighted by atomic mass is 10.00. The Kier molecular flexibility index (Phi) is 4.72. The van der Waals surface area contributed by atoms with Gasteiger partial charge >= 0.3 is 6.03 Å². The molecular weight excluding hydrogens is 264 g/mol. The molecule has 2 N–H and O–H groups in total. The lowest BCUT2D eigenvalue weighted by Crippen LogP contribution is -2.22. The van der Waals surface area contributed by atoms with Gasteiger partial charge in [-0.05, 0) is 30.5 Å². The minimum atomic E-state index is -0.601. The molecule has 1 unspecified atom stereocenters. The zero-order valence-electron chi connectivity index (χ0n) is 12.1. The Morgan fingerprint density at radius 3 is 2.33 bits per heavy atom. The van der Waals surface area contributed by atoms with Crippen LogP contribution in [-0.4, -0.2) is 11.9 Å². The van der Waals surface area contributed by atoms with Gasteiger partial charge in [-0.1, -0.05) is 54.6 Å². The number of allylic oxidation sites excluding steroid dienone is 6. The van der Waals surface area contributed by atoms with Crippen molar-refractivity contribution in [1.29, 1.82) is 0 Å². The van der Waals surface area contributed by atoms with Crippen molar-refractivity contribution in [2.45, 2.75) is 19.9 Å². The number of rotatable bonds is 4. The van der Waals surface area contributed by atoms with Crippen LogP contribution in [0, 0.1) is 0 Å². The highest BCUT2D eigenvalue weighted by Crippen LogP contribution is 2.21. The summed E-state index contributed by atoms with van der Waals surface area (Å²) < 4.78 is 0. The lowest BCUT2D eigenvalue weighted by Gasteiger charge is -2.09. The van der Waals surface area contributed by atoms with Crippen molar-refractivity contribution >= 4 is 17.5 Å². The fraction of sp³-hybridized carbons (Fsp3) is 0.176. The second kappa shape index (κ2) is 6.70. The van der Waals surface area contributed by atoms with E-state index in [1.54, 1.807) is 0 Å². The van der Waals surface area contributed by atoms with Crippen LogP contribution < -0.4 is 10.6 Å². The van der Waals surface area contributed by atoms with Crippen LogP contribution in [0.1, 0.15) is 31.0 Å². The summed E-state index contributed by atoms with van der Waals surface area (Å²) in [4.78, 5) is 22.8. The van der Waals surface area contributed by atoms with E-state index in [9.17, 15) is 9.59 Å². The maximum atomic E-state index is 11.6. The molecule has 1 aliphatic rings. The van der Waals surface area contributed by atoms with E-state index < -0.39 is 12.1 Å². The summed E-state index contributed by atoms with van der Waals surface area (Å²) in [5.41, 5.74) is 2.91. The van der Waals surface area contributed by atoms with Crippen molar-refractivity contribution in [1.82, 2.24) is 10.6 Å². The molecule has 21 heavy (non-hydrogen) atoms. The standard InChI is InChI=1S/C17H18N2O2/c1-3-5-7-12(6-4-2)13-8-10-14(11-9-13)15-16(20)19-17(21)18-15/h3-11,15H,1-2H3,(H2,18,19,20,21)/b5-3+,6-4-,12-7+. The number of nitrogens with one attached hydrogen (secondary N) is 2. The van der Waals surface area contributed by atoms with Crippen LogP contribution in [0.2, 0.25) is 0 Å². The highest BCUT2D eigenvalue weighted by Gasteiger charge is 2.30. The molecule has 1 aromatic carbocycles. The van der Waals surface area contributed by atoms with Gasteiger partial charge < -0.3 is 5.32 Å². The van der Waals surface area contributed by atoms with Gasteiger partial charge in [0, 0.05) is 0 Å². The average molecular weight is 282 g/mol. The number of imide groups is 1. The Labute approximate surface area is 124 Å². The minimum absolute atomic E-state index is 0.314. The van der Waals surface area contributed by atoms with Crippen LogP contribution in [-0.2, 0) is 4.79 Å². The highest BCUT2D eigenvalue weighted by molar-refractivity contribution is 6.04. The smallest absolute Gasteiger partial charge is 0.322 e. The summed E-state index contributed by atoms with van der Waals surface area (Å²) in [6.45, 7) is 3.94. The number of amides is 3. The first-order valence-corrected chi connectivity index (χ1v) is 6.83. The Balaban J connectivity index is 2.25. The summed E-state index contributed by atoms with van der Waals surface area (Å²) in [5, 5.41) is 4.82. The van der Waals surface area contributed by atoms with Crippen molar-refractivity contribution < 1.29 is 9.59 Å². The van der Waals surface area contributed by atoms with Crippen molar-refractivity contribution in [3.63, 3.8) is 0 Å². The molecule has 3 amide bonds. The number of carbonyl (C=O) groups is 2. The van der Waals surface area contributed by atoms with E-state index in [1.165, 1.54) is 0 Å². The van der Waals surface area contributed by atoms with E-state index in [0.717, 1.165) is 16.7 Å². The first-order valence-electron chi connectivity index (χ1n) is 6.83. The largest absolute Gasteiger partial charge is 0.322 e. The summed E-state index contributed by atoms with van der Waals surface area (Å²) >= 11 is 0. The molecule has 0 bridgehead atoms. The van der Waals surface area contributed by atoms with Gasteiger partial charge in [0.15, 0.2) is 0 Å². The van der Waals surface area contributed by atoms with E-state index in [4.69, 9.17) is 0 Å². The van der Waals surface area contributed by atoms with E-state index in [2.05, 4.69) is 10.6 Å². The molecule has 1 atom stereocenters. The van der Waals surface area contributed by atoms with Crippen LogP contribution in [0.4, 0.5) is 4.79 Å². The van der Waals surface area contributed by atoms with Gasteiger partial charge in [-0.25, -0.2) is 4.79 Å². The zero-order valence-corrected chi connectivity index (χ0v) is 12.1. The van der Waals surface area contributed by atoms with Gasteiger partial charge in [0.2, 0.25) is 0 Å². The molecule has 4 heteroatoms. The Hall–Kier alpha value is -2.62. The third kappa shape index (κ3) is 3.48. The minimum Gasteiger partial charge on any atom is -0.322 e. The molecular formula is C17H18N2O2. The lowest BCUT2D eigenvalue weighted by molar-refractivity contribution is -0.120. The van der Waals surface area contributed by atoms with Crippen LogP contribution >= 0.6 is 0 Å². The number of carbonyl (C=O) groups excluding carboxylic acids is 2. The third-order valence-corrected chi connectivity index (χ3v) is 3.17. The predicted octanol–water partition coefficient (Wildman–Crippen LogP) is 3.10.